The van der Waals surface area contributed by atoms with E-state index in [9.17, 15) is 9.59 Å². The number of nitrogens with two attached hydrogens (primary N) is 1. The molecule has 25 heavy (non-hydrogen) atoms. The number of hydrogen-bond acceptors (Lipinski definition) is 3. The number of nitrogens with zero attached hydrogens (tertiary/aromatic N) is 1. The summed E-state index contributed by atoms with van der Waals surface area (Å²) in [6, 6.07) is 3.35. The van der Waals surface area contributed by atoms with E-state index >= 15 is 0 Å². The van der Waals surface area contributed by atoms with Gasteiger partial charge in [-0.3, -0.25) is 4.79 Å². The van der Waals surface area contributed by atoms with E-state index in [1.807, 2.05) is 0 Å². The van der Waals surface area contributed by atoms with Crippen LogP contribution in [0.3, 0.4) is 0 Å². The summed E-state index contributed by atoms with van der Waals surface area (Å²) in [6.45, 7) is 0.679. The van der Waals surface area contributed by atoms with Gasteiger partial charge in [-0.2, -0.15) is 4.57 Å². The Kier molecular flexibility index (Phi) is 5.05. The molecule has 6 heteroatoms. The van der Waals surface area contributed by atoms with Gasteiger partial charge in [0.25, 0.3) is 5.91 Å². The predicted molar refractivity (Wildman–Crippen MR) is 86.7 cm³/mol. The van der Waals surface area contributed by atoms with Crippen molar-refractivity contribution in [1.82, 2.24) is 0 Å². The van der Waals surface area contributed by atoms with Crippen molar-refractivity contribution in [3.63, 3.8) is 0 Å². The largest absolute Gasteiger partial charge is 1.00 e. The number of carbonyl (C=O) groups excluding carboxylic acids is 2. The second-order valence-electron chi connectivity index (χ2n) is 8.21. The Morgan fingerprint density at radius 3 is 2.32 bits per heavy atom. The molecule has 5 nitrogen and oxygen atoms in total. The molecule has 0 aliphatic heterocycles. The van der Waals surface area contributed by atoms with Crippen LogP contribution < -0.4 is 22.7 Å². The number of carbonyl (C=O) groups is 2. The molecule has 4 saturated carbocycles. The number of ether oxygens (including phenoxy) is 1. The van der Waals surface area contributed by atoms with Crippen molar-refractivity contribution in [2.24, 2.45) is 28.9 Å². The highest BCUT2D eigenvalue weighted by Crippen LogP contribution is 2.60. The highest BCUT2D eigenvalue weighted by atomic mass is 35.5. The lowest BCUT2D eigenvalue weighted by molar-refractivity contribution is -0.686. The minimum atomic E-state index is -0.494. The van der Waals surface area contributed by atoms with E-state index in [0.717, 1.165) is 17.8 Å². The minimum absolute atomic E-state index is 0. The molecule has 4 bridgehead atoms. The molecule has 4 aliphatic rings. The monoisotopic (exact) mass is 364 g/mol. The first-order chi connectivity index (χ1) is 11.5. The van der Waals surface area contributed by atoms with E-state index in [0.29, 0.717) is 12.2 Å². The van der Waals surface area contributed by atoms with Crippen molar-refractivity contribution < 1.29 is 31.3 Å². The number of esters is 1. The highest BCUT2D eigenvalue weighted by Gasteiger charge is 2.51. The molecule has 0 saturated heterocycles. The molecule has 0 aromatic carbocycles. The number of halogens is 1. The summed E-state index contributed by atoms with van der Waals surface area (Å²) in [4.78, 5) is 23.4. The van der Waals surface area contributed by atoms with Gasteiger partial charge in [0.1, 0.15) is 5.56 Å². The lowest BCUT2D eigenvalue weighted by atomic mass is 9.50. The standard InChI is InChI=1S/C19H24N2O3.ClH/c20-18(23)16-2-1-3-21(10-16)11-17(22)24-12-19-7-13-4-14(8-19)6-15(5-13)9-19;/h1-3,10,13-15H,4-9,11-12H2,(H-,20,23);1H. The Bertz CT molecular complexity index is 641. The van der Waals surface area contributed by atoms with Crippen LogP contribution in [0, 0.1) is 23.2 Å². The summed E-state index contributed by atoms with van der Waals surface area (Å²) in [5, 5.41) is 0. The number of primary amides is 1. The number of aromatic nitrogens is 1. The maximum Gasteiger partial charge on any atom is 0.372 e. The van der Waals surface area contributed by atoms with Gasteiger partial charge in [-0.05, 0) is 62.3 Å². The smallest absolute Gasteiger partial charge is 0.372 e. The fraction of sp³-hybridized carbons (Fsp3) is 0.632. The number of pyridine rings is 1. The Balaban J connectivity index is 0.00000182. The fourth-order valence-corrected chi connectivity index (χ4v) is 5.66. The average molecular weight is 365 g/mol. The predicted octanol–water partition coefficient (Wildman–Crippen LogP) is -1.16. The van der Waals surface area contributed by atoms with E-state index in [1.165, 1.54) is 38.5 Å². The van der Waals surface area contributed by atoms with Crippen LogP contribution in [0.5, 0.6) is 0 Å². The van der Waals surface area contributed by atoms with E-state index in [4.69, 9.17) is 10.5 Å². The van der Waals surface area contributed by atoms with Crippen LogP contribution >= 0.6 is 0 Å². The molecule has 0 atom stereocenters. The molecular weight excluding hydrogens is 340 g/mol. The third-order valence-electron chi connectivity index (χ3n) is 6.16. The number of hydrogen-bond donors (Lipinski definition) is 1. The van der Waals surface area contributed by atoms with Crippen LogP contribution in [0.15, 0.2) is 24.5 Å². The third kappa shape index (κ3) is 3.81. The molecule has 5 rings (SSSR count). The maximum atomic E-state index is 12.2. The summed E-state index contributed by atoms with van der Waals surface area (Å²) in [5.74, 6) is 1.84. The van der Waals surface area contributed by atoms with Gasteiger partial charge in [-0.1, -0.05) is 0 Å². The summed E-state index contributed by atoms with van der Waals surface area (Å²) < 4.78 is 7.31. The molecule has 4 aliphatic carbocycles. The van der Waals surface area contributed by atoms with Crippen molar-refractivity contribution in [2.45, 2.75) is 45.1 Å². The third-order valence-corrected chi connectivity index (χ3v) is 6.16. The summed E-state index contributed by atoms with van der Waals surface area (Å²) >= 11 is 0. The molecule has 1 aromatic rings. The molecule has 1 amide bonds. The zero-order valence-electron chi connectivity index (χ0n) is 14.3. The summed E-state index contributed by atoms with van der Waals surface area (Å²) in [5.41, 5.74) is 5.91. The normalized spacial score (nSPS) is 32.1. The van der Waals surface area contributed by atoms with Crippen molar-refractivity contribution in [1.29, 1.82) is 0 Å². The molecule has 0 unspecified atom stereocenters. The lowest BCUT2D eigenvalue weighted by Crippen LogP contribution is -3.00. The fourth-order valence-electron chi connectivity index (χ4n) is 5.66. The topological polar surface area (TPSA) is 73.3 Å². The van der Waals surface area contributed by atoms with Gasteiger partial charge < -0.3 is 22.9 Å². The average Bonchev–Trinajstić information content (AvgIpc) is 2.52. The van der Waals surface area contributed by atoms with E-state index in [1.54, 1.807) is 29.1 Å². The molecular formula is C19H25ClN2O3. The molecule has 2 N–H and O–H groups in total. The molecule has 1 aromatic heterocycles. The Hall–Kier alpha value is -1.62. The molecule has 0 spiro atoms. The second-order valence-corrected chi connectivity index (χ2v) is 8.21. The van der Waals surface area contributed by atoms with Gasteiger partial charge in [0.05, 0.1) is 6.61 Å². The molecule has 1 heterocycles. The van der Waals surface area contributed by atoms with Crippen molar-refractivity contribution in [3.8, 4) is 0 Å². The zero-order valence-corrected chi connectivity index (χ0v) is 15.1. The molecule has 136 valence electrons. The van der Waals surface area contributed by atoms with Crippen molar-refractivity contribution in [3.05, 3.63) is 30.1 Å². The van der Waals surface area contributed by atoms with E-state index < -0.39 is 5.91 Å². The molecule has 4 fully saturated rings. The highest BCUT2D eigenvalue weighted by molar-refractivity contribution is 5.92. The van der Waals surface area contributed by atoms with Crippen LogP contribution in [-0.2, 0) is 16.1 Å². The van der Waals surface area contributed by atoms with Gasteiger partial charge in [0.15, 0.2) is 12.4 Å². The minimum Gasteiger partial charge on any atom is -1.00 e. The van der Waals surface area contributed by atoms with Crippen LogP contribution in [0.2, 0.25) is 0 Å². The Morgan fingerprint density at radius 1 is 1.16 bits per heavy atom. The number of amides is 1. The van der Waals surface area contributed by atoms with Crippen molar-refractivity contribution in [2.75, 3.05) is 6.61 Å². The SMILES string of the molecule is NC(=O)c1ccc[n+](CC(=O)OCC23CC4CC(CC(C4)C2)C3)c1.[Cl-]. The van der Waals surface area contributed by atoms with Gasteiger partial charge in [0.2, 0.25) is 6.54 Å². The first-order valence-electron chi connectivity index (χ1n) is 8.96. The van der Waals surface area contributed by atoms with Crippen LogP contribution in [0.25, 0.3) is 0 Å². The first-order valence-corrected chi connectivity index (χ1v) is 8.96. The summed E-state index contributed by atoms with van der Waals surface area (Å²) in [6.07, 6.45) is 11.2. The van der Waals surface area contributed by atoms with Gasteiger partial charge in [-0.25, -0.2) is 4.79 Å². The van der Waals surface area contributed by atoms with Gasteiger partial charge in [-0.15, -0.1) is 0 Å². The van der Waals surface area contributed by atoms with Crippen LogP contribution in [0.1, 0.15) is 48.9 Å². The van der Waals surface area contributed by atoms with Crippen LogP contribution in [0.4, 0.5) is 0 Å². The Morgan fingerprint density at radius 2 is 1.76 bits per heavy atom. The lowest BCUT2D eigenvalue weighted by Gasteiger charge is -2.56. The van der Waals surface area contributed by atoms with E-state index in [-0.39, 0.29) is 30.3 Å². The van der Waals surface area contributed by atoms with Gasteiger partial charge in [0, 0.05) is 11.5 Å². The van der Waals surface area contributed by atoms with Crippen molar-refractivity contribution >= 4 is 11.9 Å². The Labute approximate surface area is 154 Å². The quantitative estimate of drug-likeness (QED) is 0.529. The van der Waals surface area contributed by atoms with Gasteiger partial charge >= 0.3 is 5.97 Å². The first kappa shape index (κ1) is 18.2. The number of rotatable bonds is 5. The zero-order chi connectivity index (χ0) is 16.7. The maximum absolute atomic E-state index is 12.2. The van der Waals surface area contributed by atoms with Crippen LogP contribution in [-0.4, -0.2) is 18.5 Å². The second kappa shape index (κ2) is 6.94. The summed E-state index contributed by atoms with van der Waals surface area (Å²) in [7, 11) is 0. The molecule has 0 radical (unpaired) electrons. The van der Waals surface area contributed by atoms with E-state index in [2.05, 4.69) is 0 Å².